The van der Waals surface area contributed by atoms with Gasteiger partial charge in [-0.15, -0.1) is 0 Å². The van der Waals surface area contributed by atoms with Gasteiger partial charge < -0.3 is 9.55 Å². The van der Waals surface area contributed by atoms with E-state index in [0.717, 1.165) is 11.0 Å². The van der Waals surface area contributed by atoms with Crippen molar-refractivity contribution in [2.24, 2.45) is 4.99 Å². The first-order valence-corrected chi connectivity index (χ1v) is 6.43. The van der Waals surface area contributed by atoms with Crippen LogP contribution >= 0.6 is 0 Å². The third kappa shape index (κ3) is 1.40. The Bertz CT molecular complexity index is 880. The van der Waals surface area contributed by atoms with Crippen LogP contribution in [0.5, 0.6) is 0 Å². The molecule has 0 saturated carbocycles. The average Bonchev–Trinajstić information content (AvgIpc) is 2.38. The molecule has 1 N–H and O–H groups in total. The van der Waals surface area contributed by atoms with Gasteiger partial charge in [0, 0.05) is 17.8 Å². The second-order valence-corrected chi connectivity index (χ2v) is 5.06. The van der Waals surface area contributed by atoms with Crippen molar-refractivity contribution in [1.82, 2.24) is 9.55 Å². The molecule has 1 amide bonds. The number of amides is 1. The molecule has 19 heavy (non-hydrogen) atoms. The van der Waals surface area contributed by atoms with E-state index in [1.807, 2.05) is 18.2 Å². The molecule has 1 atom stereocenters. The topological polar surface area (TPSA) is 50.1 Å². The Morgan fingerprint density at radius 1 is 1.26 bits per heavy atom. The van der Waals surface area contributed by atoms with E-state index < -0.39 is 0 Å². The number of H-pyrrole nitrogens is 1. The standard InChI is InChI=1S/C15H13N3O/c1-9-8-13(19)17-15-16-11-6-2-4-10-5-3-7-12(14(10)11)18(9)15/h2-7,9H,8H2,1H3,(H,16,17,19). The number of hydrogen-bond acceptors (Lipinski definition) is 1. The van der Waals surface area contributed by atoms with Crippen LogP contribution in [0.1, 0.15) is 19.4 Å². The Morgan fingerprint density at radius 2 is 2.05 bits per heavy atom. The molecule has 0 fully saturated rings. The van der Waals surface area contributed by atoms with Crippen molar-refractivity contribution < 1.29 is 4.79 Å². The molecule has 1 aliphatic heterocycles. The fourth-order valence-corrected chi connectivity index (χ4v) is 2.96. The summed E-state index contributed by atoms with van der Waals surface area (Å²) in [4.78, 5) is 19.0. The summed E-state index contributed by atoms with van der Waals surface area (Å²) in [6.07, 6.45) is 0.462. The minimum atomic E-state index is -0.0576. The second kappa shape index (κ2) is 3.57. The van der Waals surface area contributed by atoms with Crippen molar-refractivity contribution in [3.05, 3.63) is 42.0 Å². The number of aromatic amines is 1. The van der Waals surface area contributed by atoms with E-state index in [-0.39, 0.29) is 11.9 Å². The number of nitrogens with one attached hydrogen (secondary N) is 1. The highest BCUT2D eigenvalue weighted by atomic mass is 16.1. The number of fused-ring (bicyclic) bond motifs is 2. The zero-order valence-electron chi connectivity index (χ0n) is 10.6. The zero-order chi connectivity index (χ0) is 13.0. The highest BCUT2D eigenvalue weighted by Gasteiger charge is 2.19. The summed E-state index contributed by atoms with van der Waals surface area (Å²) in [5.74, 6) is -0.0576. The van der Waals surface area contributed by atoms with E-state index in [0.29, 0.717) is 12.0 Å². The lowest BCUT2D eigenvalue weighted by Crippen LogP contribution is -2.33. The van der Waals surface area contributed by atoms with Crippen LogP contribution in [0.4, 0.5) is 0 Å². The van der Waals surface area contributed by atoms with Gasteiger partial charge in [0.1, 0.15) is 0 Å². The van der Waals surface area contributed by atoms with Crippen molar-refractivity contribution in [3.63, 3.8) is 0 Å². The van der Waals surface area contributed by atoms with Crippen LogP contribution in [0.25, 0.3) is 21.8 Å². The third-order valence-corrected chi connectivity index (χ3v) is 3.76. The minimum absolute atomic E-state index is 0.0576. The van der Waals surface area contributed by atoms with Crippen molar-refractivity contribution in [3.8, 4) is 0 Å². The predicted molar refractivity (Wildman–Crippen MR) is 73.7 cm³/mol. The van der Waals surface area contributed by atoms with Gasteiger partial charge in [0.15, 0.2) is 0 Å². The van der Waals surface area contributed by atoms with E-state index in [1.165, 1.54) is 10.8 Å². The van der Waals surface area contributed by atoms with Gasteiger partial charge in [0.25, 0.3) is 5.91 Å². The summed E-state index contributed by atoms with van der Waals surface area (Å²) in [6.45, 7) is 2.06. The Kier molecular flexibility index (Phi) is 1.98. The summed E-state index contributed by atoms with van der Waals surface area (Å²) in [7, 11) is 0. The second-order valence-electron chi connectivity index (χ2n) is 5.06. The number of hydrogen-bond donors (Lipinski definition) is 1. The van der Waals surface area contributed by atoms with Gasteiger partial charge >= 0.3 is 0 Å². The molecule has 1 aliphatic rings. The maximum atomic E-state index is 11.6. The lowest BCUT2D eigenvalue weighted by atomic mass is 10.1. The summed E-state index contributed by atoms with van der Waals surface area (Å²) < 4.78 is 2.12. The SMILES string of the molecule is CC1CC(=O)N=c2[nH]c3cccc4cccc(c43)n21. The highest BCUT2D eigenvalue weighted by molar-refractivity contribution is 6.06. The average molecular weight is 251 g/mol. The fraction of sp³-hybridized carbons (Fsp3) is 0.200. The van der Waals surface area contributed by atoms with E-state index >= 15 is 0 Å². The third-order valence-electron chi connectivity index (χ3n) is 3.76. The van der Waals surface area contributed by atoms with E-state index in [1.54, 1.807) is 0 Å². The maximum Gasteiger partial charge on any atom is 0.250 e. The number of carbonyl (C=O) groups is 1. The molecule has 3 aromatic rings. The number of aromatic nitrogens is 2. The molecular formula is C15H13N3O. The molecule has 0 radical (unpaired) electrons. The van der Waals surface area contributed by atoms with Gasteiger partial charge in [-0.05, 0) is 24.4 Å². The molecule has 4 rings (SSSR count). The zero-order valence-corrected chi connectivity index (χ0v) is 10.6. The van der Waals surface area contributed by atoms with Crippen LogP contribution < -0.4 is 5.62 Å². The van der Waals surface area contributed by atoms with Crippen molar-refractivity contribution in [2.45, 2.75) is 19.4 Å². The van der Waals surface area contributed by atoms with Crippen LogP contribution in [-0.4, -0.2) is 15.5 Å². The van der Waals surface area contributed by atoms with E-state index in [9.17, 15) is 4.79 Å². The first-order valence-electron chi connectivity index (χ1n) is 6.43. The molecule has 0 spiro atoms. The quantitative estimate of drug-likeness (QED) is 0.655. The molecule has 1 aromatic heterocycles. The summed E-state index contributed by atoms with van der Waals surface area (Å²) in [6, 6.07) is 12.5. The Labute approximate surface area is 109 Å². The number of nitrogens with zero attached hydrogens (tertiary/aromatic N) is 2. The molecule has 4 heteroatoms. The lowest BCUT2D eigenvalue weighted by Gasteiger charge is -2.22. The normalized spacial score (nSPS) is 18.6. The van der Waals surface area contributed by atoms with Gasteiger partial charge in [-0.25, -0.2) is 0 Å². The van der Waals surface area contributed by atoms with Crippen LogP contribution in [0, 0.1) is 0 Å². The van der Waals surface area contributed by atoms with E-state index in [2.05, 4.69) is 39.7 Å². The van der Waals surface area contributed by atoms with Crippen LogP contribution in [-0.2, 0) is 4.79 Å². The lowest BCUT2D eigenvalue weighted by molar-refractivity contribution is -0.119. The van der Waals surface area contributed by atoms with Crippen LogP contribution in [0.3, 0.4) is 0 Å². The first kappa shape index (κ1) is 10.6. The van der Waals surface area contributed by atoms with Gasteiger partial charge in [0.05, 0.1) is 11.0 Å². The summed E-state index contributed by atoms with van der Waals surface area (Å²) >= 11 is 0. The number of carbonyl (C=O) groups excluding carboxylic acids is 1. The monoisotopic (exact) mass is 251 g/mol. The Balaban J connectivity index is 2.31. The van der Waals surface area contributed by atoms with E-state index in [4.69, 9.17) is 0 Å². The summed E-state index contributed by atoms with van der Waals surface area (Å²) in [5, 5.41) is 2.40. The molecule has 4 nitrogen and oxygen atoms in total. The predicted octanol–water partition coefficient (Wildman–Crippen LogP) is 2.51. The van der Waals surface area contributed by atoms with Crippen molar-refractivity contribution >= 4 is 27.7 Å². The first-order chi connectivity index (χ1) is 9.24. The molecule has 0 bridgehead atoms. The van der Waals surface area contributed by atoms with Gasteiger partial charge in [-0.1, -0.05) is 24.3 Å². The largest absolute Gasteiger partial charge is 0.325 e. The highest BCUT2D eigenvalue weighted by Crippen LogP contribution is 2.27. The smallest absolute Gasteiger partial charge is 0.250 e. The number of rotatable bonds is 0. The molecule has 94 valence electrons. The summed E-state index contributed by atoms with van der Waals surface area (Å²) in [5.41, 5.74) is 2.80. The molecule has 1 unspecified atom stereocenters. The minimum Gasteiger partial charge on any atom is -0.325 e. The molecule has 2 aromatic carbocycles. The molecule has 0 aliphatic carbocycles. The maximum absolute atomic E-state index is 11.6. The van der Waals surface area contributed by atoms with Gasteiger partial charge in [-0.3, -0.25) is 4.79 Å². The molecule has 0 saturated heterocycles. The van der Waals surface area contributed by atoms with Crippen molar-refractivity contribution in [2.75, 3.05) is 0 Å². The number of benzene rings is 2. The fourth-order valence-electron chi connectivity index (χ4n) is 2.96. The van der Waals surface area contributed by atoms with Crippen molar-refractivity contribution in [1.29, 1.82) is 0 Å². The van der Waals surface area contributed by atoms with Crippen LogP contribution in [0.15, 0.2) is 41.4 Å². The van der Waals surface area contributed by atoms with Crippen LogP contribution in [0.2, 0.25) is 0 Å². The van der Waals surface area contributed by atoms with Gasteiger partial charge in [-0.2, -0.15) is 4.99 Å². The Morgan fingerprint density at radius 3 is 2.89 bits per heavy atom. The molecular weight excluding hydrogens is 238 g/mol. The van der Waals surface area contributed by atoms with Gasteiger partial charge in [0.2, 0.25) is 5.62 Å². The molecule has 2 heterocycles. The Hall–Kier alpha value is -2.36.